The first kappa shape index (κ1) is 11.8. The standard InChI is InChI=1S/C13H19NOS/c1-16-8-4-5-10-9-12(14)11-6-2-3-7-13(11)15-10/h2-3,6-7,10,12H,4-5,8-9,14H2,1H3. The fraction of sp³-hybridized carbons (Fsp3) is 0.538. The molecule has 2 atom stereocenters. The van der Waals surface area contributed by atoms with E-state index in [1.165, 1.54) is 12.2 Å². The minimum Gasteiger partial charge on any atom is -0.490 e. The molecule has 0 aliphatic carbocycles. The summed E-state index contributed by atoms with van der Waals surface area (Å²) in [5, 5.41) is 0. The number of thioether (sulfide) groups is 1. The Morgan fingerprint density at radius 3 is 3.06 bits per heavy atom. The Balaban J connectivity index is 1.98. The Morgan fingerprint density at radius 2 is 2.25 bits per heavy atom. The average Bonchev–Trinajstić information content (AvgIpc) is 2.30. The molecule has 0 saturated heterocycles. The van der Waals surface area contributed by atoms with E-state index in [-0.39, 0.29) is 6.04 Å². The van der Waals surface area contributed by atoms with E-state index in [0.29, 0.717) is 6.10 Å². The summed E-state index contributed by atoms with van der Waals surface area (Å²) in [6.07, 6.45) is 5.72. The van der Waals surface area contributed by atoms with Crippen LogP contribution in [0.15, 0.2) is 24.3 Å². The third-order valence-corrected chi connectivity index (χ3v) is 3.70. The monoisotopic (exact) mass is 237 g/mol. The summed E-state index contributed by atoms with van der Waals surface area (Å²) in [4.78, 5) is 0. The summed E-state index contributed by atoms with van der Waals surface area (Å²) >= 11 is 1.89. The molecule has 0 amide bonds. The Hall–Kier alpha value is -0.670. The van der Waals surface area contributed by atoms with Crippen LogP contribution in [0.1, 0.15) is 30.9 Å². The molecule has 0 fully saturated rings. The molecule has 2 rings (SSSR count). The first-order chi connectivity index (χ1) is 7.81. The van der Waals surface area contributed by atoms with Gasteiger partial charge in [-0.25, -0.2) is 0 Å². The van der Waals surface area contributed by atoms with Crippen molar-refractivity contribution < 1.29 is 4.74 Å². The van der Waals surface area contributed by atoms with Gasteiger partial charge >= 0.3 is 0 Å². The fourth-order valence-electron chi connectivity index (χ4n) is 2.16. The Labute approximate surface area is 102 Å². The van der Waals surface area contributed by atoms with Crippen molar-refractivity contribution in [2.45, 2.75) is 31.4 Å². The molecule has 0 aromatic heterocycles. The topological polar surface area (TPSA) is 35.2 Å². The predicted molar refractivity (Wildman–Crippen MR) is 70.0 cm³/mol. The zero-order valence-corrected chi connectivity index (χ0v) is 10.5. The highest BCUT2D eigenvalue weighted by molar-refractivity contribution is 7.98. The molecule has 88 valence electrons. The summed E-state index contributed by atoms with van der Waals surface area (Å²) in [6.45, 7) is 0. The molecular formula is C13H19NOS. The zero-order valence-electron chi connectivity index (χ0n) is 9.69. The molecule has 16 heavy (non-hydrogen) atoms. The number of ether oxygens (including phenoxy) is 1. The van der Waals surface area contributed by atoms with Crippen molar-refractivity contribution in [2.24, 2.45) is 5.73 Å². The molecule has 0 radical (unpaired) electrons. The van der Waals surface area contributed by atoms with Crippen molar-refractivity contribution in [3.05, 3.63) is 29.8 Å². The maximum atomic E-state index is 6.16. The molecule has 1 aromatic rings. The summed E-state index contributed by atoms with van der Waals surface area (Å²) in [7, 11) is 0. The van der Waals surface area contributed by atoms with Gasteiger partial charge in [-0.1, -0.05) is 18.2 Å². The van der Waals surface area contributed by atoms with Gasteiger partial charge in [0.1, 0.15) is 11.9 Å². The van der Waals surface area contributed by atoms with Crippen LogP contribution in [0.3, 0.4) is 0 Å². The number of hydrogen-bond donors (Lipinski definition) is 1. The van der Waals surface area contributed by atoms with Crippen LogP contribution < -0.4 is 10.5 Å². The van der Waals surface area contributed by atoms with Crippen LogP contribution in [0.4, 0.5) is 0 Å². The van der Waals surface area contributed by atoms with Gasteiger partial charge in [-0.3, -0.25) is 0 Å². The van der Waals surface area contributed by atoms with Crippen molar-refractivity contribution in [3.8, 4) is 5.75 Å². The van der Waals surface area contributed by atoms with Gasteiger partial charge in [0.05, 0.1) is 0 Å². The van der Waals surface area contributed by atoms with E-state index in [1.807, 2.05) is 30.0 Å². The average molecular weight is 237 g/mol. The van der Waals surface area contributed by atoms with Gasteiger partial charge in [0.15, 0.2) is 0 Å². The lowest BCUT2D eigenvalue weighted by Crippen LogP contribution is -2.29. The van der Waals surface area contributed by atoms with Crippen LogP contribution in [0.25, 0.3) is 0 Å². The summed E-state index contributed by atoms with van der Waals surface area (Å²) in [6, 6.07) is 8.27. The molecule has 3 heteroatoms. The van der Waals surface area contributed by atoms with Crippen molar-refractivity contribution in [1.29, 1.82) is 0 Å². The third-order valence-electron chi connectivity index (χ3n) is 3.00. The van der Waals surface area contributed by atoms with Crippen LogP contribution in [0.5, 0.6) is 5.75 Å². The third kappa shape index (κ3) is 2.71. The summed E-state index contributed by atoms with van der Waals surface area (Å²) < 4.78 is 5.96. The van der Waals surface area contributed by atoms with Crippen LogP contribution in [-0.4, -0.2) is 18.1 Å². The molecule has 2 nitrogen and oxygen atoms in total. The van der Waals surface area contributed by atoms with Crippen LogP contribution in [0, 0.1) is 0 Å². The quantitative estimate of drug-likeness (QED) is 0.818. The number of rotatable bonds is 4. The van der Waals surface area contributed by atoms with E-state index in [0.717, 1.165) is 24.2 Å². The van der Waals surface area contributed by atoms with Gasteiger partial charge < -0.3 is 10.5 Å². The highest BCUT2D eigenvalue weighted by Gasteiger charge is 2.24. The van der Waals surface area contributed by atoms with E-state index in [1.54, 1.807) is 0 Å². The van der Waals surface area contributed by atoms with Gasteiger partial charge in [-0.2, -0.15) is 11.8 Å². The van der Waals surface area contributed by atoms with E-state index >= 15 is 0 Å². The van der Waals surface area contributed by atoms with Crippen LogP contribution in [-0.2, 0) is 0 Å². The maximum Gasteiger partial charge on any atom is 0.124 e. The Bertz CT molecular complexity index is 342. The van der Waals surface area contributed by atoms with E-state index < -0.39 is 0 Å². The molecule has 1 aliphatic rings. The lowest BCUT2D eigenvalue weighted by molar-refractivity contribution is 0.149. The smallest absolute Gasteiger partial charge is 0.124 e. The van der Waals surface area contributed by atoms with Gasteiger partial charge in [0.2, 0.25) is 0 Å². The molecule has 1 heterocycles. The number of hydrogen-bond acceptors (Lipinski definition) is 3. The van der Waals surface area contributed by atoms with E-state index in [2.05, 4.69) is 12.3 Å². The van der Waals surface area contributed by atoms with Crippen molar-refractivity contribution in [3.63, 3.8) is 0 Å². The predicted octanol–water partition coefficient (Wildman–Crippen LogP) is 2.98. The molecule has 1 aromatic carbocycles. The SMILES string of the molecule is CSCCCC1CC(N)c2ccccc2O1. The molecular weight excluding hydrogens is 218 g/mol. The molecule has 0 saturated carbocycles. The molecule has 1 aliphatic heterocycles. The molecule has 2 unspecified atom stereocenters. The van der Waals surface area contributed by atoms with E-state index in [9.17, 15) is 0 Å². The number of benzene rings is 1. The zero-order chi connectivity index (χ0) is 11.4. The number of fused-ring (bicyclic) bond motifs is 1. The second-order valence-electron chi connectivity index (χ2n) is 4.25. The van der Waals surface area contributed by atoms with E-state index in [4.69, 9.17) is 10.5 Å². The number of nitrogens with two attached hydrogens (primary N) is 1. The fourth-order valence-corrected chi connectivity index (χ4v) is 2.62. The normalized spacial score (nSPS) is 23.6. The number of para-hydroxylation sites is 1. The minimum absolute atomic E-state index is 0.143. The van der Waals surface area contributed by atoms with Gasteiger partial charge in [0.25, 0.3) is 0 Å². The summed E-state index contributed by atoms with van der Waals surface area (Å²) in [5.41, 5.74) is 7.31. The maximum absolute atomic E-state index is 6.16. The van der Waals surface area contributed by atoms with Gasteiger partial charge in [-0.05, 0) is 30.9 Å². The van der Waals surface area contributed by atoms with Crippen LogP contribution in [0.2, 0.25) is 0 Å². The lowest BCUT2D eigenvalue weighted by Gasteiger charge is -2.30. The Kier molecular flexibility index (Phi) is 4.13. The molecule has 0 bridgehead atoms. The van der Waals surface area contributed by atoms with Crippen molar-refractivity contribution >= 4 is 11.8 Å². The second-order valence-corrected chi connectivity index (χ2v) is 5.24. The highest BCUT2D eigenvalue weighted by Crippen LogP contribution is 2.34. The first-order valence-corrected chi connectivity index (χ1v) is 7.20. The largest absolute Gasteiger partial charge is 0.490 e. The lowest BCUT2D eigenvalue weighted by atomic mass is 9.95. The molecule has 0 spiro atoms. The minimum atomic E-state index is 0.143. The second kappa shape index (κ2) is 5.60. The highest BCUT2D eigenvalue weighted by atomic mass is 32.2. The first-order valence-electron chi connectivity index (χ1n) is 5.81. The van der Waals surface area contributed by atoms with Crippen molar-refractivity contribution in [1.82, 2.24) is 0 Å². The molecule has 2 N–H and O–H groups in total. The van der Waals surface area contributed by atoms with Crippen molar-refractivity contribution in [2.75, 3.05) is 12.0 Å². The summed E-state index contributed by atoms with van der Waals surface area (Å²) in [5.74, 6) is 2.19. The van der Waals surface area contributed by atoms with Gasteiger partial charge in [-0.15, -0.1) is 0 Å². The van der Waals surface area contributed by atoms with Crippen LogP contribution >= 0.6 is 11.8 Å². The Morgan fingerprint density at radius 1 is 1.44 bits per heavy atom. The van der Waals surface area contributed by atoms with Gasteiger partial charge in [0, 0.05) is 18.0 Å².